The lowest BCUT2D eigenvalue weighted by Crippen LogP contribution is -2.21. The molecule has 1 atom stereocenters. The Morgan fingerprint density at radius 2 is 2.23 bits per heavy atom. The first-order chi connectivity index (χ1) is 6.02. The van der Waals surface area contributed by atoms with Crippen LogP contribution in [0.4, 0.5) is 4.39 Å². The standard InChI is InChI=1S/C8H7ClFNO2/c9-4-1-2-5(6(10)3-4)7(12)8(11)13/h1-3,7,12H,(H2,11,13). The largest absolute Gasteiger partial charge is 0.378 e. The number of amides is 1. The van der Waals surface area contributed by atoms with E-state index in [-0.39, 0.29) is 10.6 Å². The third-order valence-corrected chi connectivity index (χ3v) is 1.76. The number of aliphatic hydroxyl groups is 1. The molecule has 0 fully saturated rings. The number of carbonyl (C=O) groups is 1. The topological polar surface area (TPSA) is 63.3 Å². The normalized spacial score (nSPS) is 12.5. The first-order valence-corrected chi connectivity index (χ1v) is 3.82. The van der Waals surface area contributed by atoms with Gasteiger partial charge in [-0.15, -0.1) is 0 Å². The molecule has 13 heavy (non-hydrogen) atoms. The maximum atomic E-state index is 13.0. The molecule has 1 rings (SSSR count). The van der Waals surface area contributed by atoms with E-state index in [0.29, 0.717) is 0 Å². The Balaban J connectivity index is 3.08. The minimum absolute atomic E-state index is 0.170. The van der Waals surface area contributed by atoms with E-state index in [0.717, 1.165) is 6.07 Å². The molecule has 0 spiro atoms. The summed E-state index contributed by atoms with van der Waals surface area (Å²) < 4.78 is 13.0. The molecule has 3 nitrogen and oxygen atoms in total. The Hall–Kier alpha value is -1.13. The molecule has 3 N–H and O–H groups in total. The number of halogens is 2. The highest BCUT2D eigenvalue weighted by Gasteiger charge is 2.17. The van der Waals surface area contributed by atoms with Gasteiger partial charge in [-0.25, -0.2) is 4.39 Å². The lowest BCUT2D eigenvalue weighted by Gasteiger charge is -2.07. The van der Waals surface area contributed by atoms with Gasteiger partial charge in [-0.1, -0.05) is 17.7 Å². The molecule has 0 aliphatic rings. The molecule has 0 aromatic heterocycles. The van der Waals surface area contributed by atoms with Crippen LogP contribution >= 0.6 is 11.6 Å². The van der Waals surface area contributed by atoms with Crippen LogP contribution in [0.5, 0.6) is 0 Å². The van der Waals surface area contributed by atoms with E-state index in [1.165, 1.54) is 12.1 Å². The number of hydrogen-bond donors (Lipinski definition) is 2. The van der Waals surface area contributed by atoms with Crippen LogP contribution in [0.15, 0.2) is 18.2 Å². The van der Waals surface area contributed by atoms with E-state index in [1.54, 1.807) is 0 Å². The second kappa shape index (κ2) is 3.72. The lowest BCUT2D eigenvalue weighted by atomic mass is 10.1. The van der Waals surface area contributed by atoms with Gasteiger partial charge in [0.05, 0.1) is 0 Å². The number of aliphatic hydroxyl groups excluding tert-OH is 1. The SMILES string of the molecule is NC(=O)C(O)c1ccc(Cl)cc1F. The van der Waals surface area contributed by atoms with Crippen LogP contribution in [-0.2, 0) is 4.79 Å². The summed E-state index contributed by atoms with van der Waals surface area (Å²) in [6, 6.07) is 3.59. The zero-order valence-electron chi connectivity index (χ0n) is 6.50. The highest BCUT2D eigenvalue weighted by molar-refractivity contribution is 6.30. The fourth-order valence-corrected chi connectivity index (χ4v) is 1.04. The van der Waals surface area contributed by atoms with Gasteiger partial charge in [-0.3, -0.25) is 4.79 Å². The maximum Gasteiger partial charge on any atom is 0.251 e. The molecular weight excluding hydrogens is 197 g/mol. The van der Waals surface area contributed by atoms with Crippen LogP contribution < -0.4 is 5.73 Å². The van der Waals surface area contributed by atoms with Crippen molar-refractivity contribution in [3.8, 4) is 0 Å². The van der Waals surface area contributed by atoms with Gasteiger partial charge < -0.3 is 10.8 Å². The first kappa shape index (κ1) is 9.95. The number of nitrogens with two attached hydrogens (primary N) is 1. The van der Waals surface area contributed by atoms with Crippen molar-refractivity contribution < 1.29 is 14.3 Å². The fourth-order valence-electron chi connectivity index (χ4n) is 0.877. The summed E-state index contributed by atoms with van der Waals surface area (Å²) in [6.07, 6.45) is -1.63. The van der Waals surface area contributed by atoms with Crippen LogP contribution in [0.3, 0.4) is 0 Å². The Bertz CT molecular complexity index is 343. The maximum absolute atomic E-state index is 13.0. The first-order valence-electron chi connectivity index (χ1n) is 3.44. The summed E-state index contributed by atoms with van der Waals surface area (Å²) in [6.45, 7) is 0. The monoisotopic (exact) mass is 203 g/mol. The summed E-state index contributed by atoms with van der Waals surface area (Å²) in [7, 11) is 0. The van der Waals surface area contributed by atoms with Crippen molar-refractivity contribution in [2.24, 2.45) is 5.73 Å². The molecule has 0 aliphatic heterocycles. The number of primary amides is 1. The summed E-state index contributed by atoms with van der Waals surface area (Å²) in [5.74, 6) is -1.75. The summed E-state index contributed by atoms with van der Waals surface area (Å²) in [5.41, 5.74) is 4.62. The summed E-state index contributed by atoms with van der Waals surface area (Å²) in [5, 5.41) is 9.30. The van der Waals surface area contributed by atoms with Crippen molar-refractivity contribution >= 4 is 17.5 Å². The van der Waals surface area contributed by atoms with E-state index in [1.807, 2.05) is 0 Å². The Morgan fingerprint density at radius 1 is 1.62 bits per heavy atom. The number of benzene rings is 1. The molecule has 70 valence electrons. The molecule has 0 saturated heterocycles. The van der Waals surface area contributed by atoms with Gasteiger partial charge in [0.15, 0.2) is 6.10 Å². The number of hydrogen-bond acceptors (Lipinski definition) is 2. The molecule has 1 unspecified atom stereocenters. The highest BCUT2D eigenvalue weighted by atomic mass is 35.5. The van der Waals surface area contributed by atoms with E-state index >= 15 is 0 Å². The minimum atomic E-state index is -1.63. The van der Waals surface area contributed by atoms with Crippen LogP contribution in [0, 0.1) is 5.82 Å². The van der Waals surface area contributed by atoms with Gasteiger partial charge in [0.1, 0.15) is 5.82 Å². The number of carbonyl (C=O) groups excluding carboxylic acids is 1. The Labute approximate surface area is 78.9 Å². The second-order valence-corrected chi connectivity index (χ2v) is 2.91. The second-order valence-electron chi connectivity index (χ2n) is 2.47. The van der Waals surface area contributed by atoms with Crippen LogP contribution in [0.25, 0.3) is 0 Å². The van der Waals surface area contributed by atoms with E-state index in [2.05, 4.69) is 0 Å². The molecular formula is C8H7ClFNO2. The van der Waals surface area contributed by atoms with Crippen molar-refractivity contribution in [2.75, 3.05) is 0 Å². The van der Waals surface area contributed by atoms with Gasteiger partial charge in [0.25, 0.3) is 5.91 Å². The molecule has 1 aromatic rings. The smallest absolute Gasteiger partial charge is 0.251 e. The zero-order chi connectivity index (χ0) is 10.0. The summed E-state index contributed by atoms with van der Waals surface area (Å²) in [4.78, 5) is 10.5. The van der Waals surface area contributed by atoms with Gasteiger partial charge in [-0.05, 0) is 12.1 Å². The quantitative estimate of drug-likeness (QED) is 0.753. The Morgan fingerprint density at radius 3 is 2.69 bits per heavy atom. The molecule has 0 heterocycles. The molecule has 5 heteroatoms. The average Bonchev–Trinajstić information content (AvgIpc) is 2.03. The molecule has 0 radical (unpaired) electrons. The van der Waals surface area contributed by atoms with Gasteiger partial charge in [-0.2, -0.15) is 0 Å². The minimum Gasteiger partial charge on any atom is -0.378 e. The molecule has 0 bridgehead atoms. The van der Waals surface area contributed by atoms with Gasteiger partial charge in [0.2, 0.25) is 0 Å². The van der Waals surface area contributed by atoms with Crippen molar-refractivity contribution in [3.05, 3.63) is 34.6 Å². The molecule has 0 saturated carbocycles. The highest BCUT2D eigenvalue weighted by Crippen LogP contribution is 2.20. The molecule has 1 amide bonds. The van der Waals surface area contributed by atoms with Crippen molar-refractivity contribution in [1.82, 2.24) is 0 Å². The van der Waals surface area contributed by atoms with Crippen LogP contribution in [-0.4, -0.2) is 11.0 Å². The third-order valence-electron chi connectivity index (χ3n) is 1.53. The zero-order valence-corrected chi connectivity index (χ0v) is 7.25. The van der Waals surface area contributed by atoms with Gasteiger partial charge in [0, 0.05) is 10.6 Å². The predicted molar refractivity (Wildman–Crippen MR) is 45.6 cm³/mol. The predicted octanol–water partition coefficient (Wildman–Crippen LogP) is 0.998. The average molecular weight is 204 g/mol. The van der Waals surface area contributed by atoms with Crippen LogP contribution in [0.1, 0.15) is 11.7 Å². The third kappa shape index (κ3) is 2.17. The van der Waals surface area contributed by atoms with E-state index in [4.69, 9.17) is 22.4 Å². The number of rotatable bonds is 2. The van der Waals surface area contributed by atoms with Gasteiger partial charge >= 0.3 is 0 Å². The molecule has 1 aromatic carbocycles. The van der Waals surface area contributed by atoms with Crippen LogP contribution in [0.2, 0.25) is 5.02 Å². The Kier molecular flexibility index (Phi) is 2.85. The van der Waals surface area contributed by atoms with E-state index < -0.39 is 17.8 Å². The fraction of sp³-hybridized carbons (Fsp3) is 0.125. The molecule has 0 aliphatic carbocycles. The summed E-state index contributed by atoms with van der Waals surface area (Å²) >= 11 is 5.46. The van der Waals surface area contributed by atoms with E-state index in [9.17, 15) is 9.18 Å². The lowest BCUT2D eigenvalue weighted by molar-refractivity contribution is -0.126. The van der Waals surface area contributed by atoms with Crippen molar-refractivity contribution in [3.63, 3.8) is 0 Å². The van der Waals surface area contributed by atoms with Crippen molar-refractivity contribution in [1.29, 1.82) is 0 Å². The van der Waals surface area contributed by atoms with Crippen molar-refractivity contribution in [2.45, 2.75) is 6.10 Å².